The standard InChI is InChI=1S/C19H14FN5O/c1-10-18-11(2)24-19(13-4-5-16(20)22-9-13)25(18)14-6-12(8-21)7-15(26-3)17(14)23-10/h4-7,9H,1-3H3. The van der Waals surface area contributed by atoms with Gasteiger partial charge in [0.15, 0.2) is 0 Å². The van der Waals surface area contributed by atoms with Crippen LogP contribution in [0, 0.1) is 31.1 Å². The number of benzene rings is 1. The molecule has 0 saturated carbocycles. The van der Waals surface area contributed by atoms with Gasteiger partial charge in [0.1, 0.15) is 17.1 Å². The van der Waals surface area contributed by atoms with Gasteiger partial charge in [-0.1, -0.05) is 0 Å². The van der Waals surface area contributed by atoms with E-state index in [0.717, 1.165) is 16.9 Å². The molecule has 4 rings (SSSR count). The predicted molar refractivity (Wildman–Crippen MR) is 94.4 cm³/mol. The van der Waals surface area contributed by atoms with Crippen LogP contribution in [-0.2, 0) is 0 Å². The summed E-state index contributed by atoms with van der Waals surface area (Å²) in [6.07, 6.45) is 1.44. The summed E-state index contributed by atoms with van der Waals surface area (Å²) in [7, 11) is 1.54. The lowest BCUT2D eigenvalue weighted by atomic mass is 10.1. The molecule has 3 aromatic heterocycles. The molecule has 1 aromatic carbocycles. The molecule has 4 aromatic rings. The normalized spacial score (nSPS) is 11.0. The Labute approximate surface area is 148 Å². The Morgan fingerprint density at radius 1 is 1.15 bits per heavy atom. The van der Waals surface area contributed by atoms with Crippen LogP contribution in [0.25, 0.3) is 27.9 Å². The number of halogens is 1. The molecule has 0 spiro atoms. The number of ether oxygens (including phenoxy) is 1. The number of hydrogen-bond donors (Lipinski definition) is 0. The minimum absolute atomic E-state index is 0.454. The molecule has 7 heteroatoms. The zero-order valence-electron chi connectivity index (χ0n) is 14.4. The number of imidazole rings is 1. The summed E-state index contributed by atoms with van der Waals surface area (Å²) in [5.74, 6) is 0.568. The number of methoxy groups -OCH3 is 1. The predicted octanol–water partition coefficient (Wildman–Crippen LogP) is 3.58. The Hall–Kier alpha value is -3.53. The highest BCUT2D eigenvalue weighted by Gasteiger charge is 2.19. The van der Waals surface area contributed by atoms with Crippen molar-refractivity contribution < 1.29 is 9.13 Å². The summed E-state index contributed by atoms with van der Waals surface area (Å²) in [4.78, 5) is 13.0. The lowest BCUT2D eigenvalue weighted by Gasteiger charge is -2.11. The Balaban J connectivity index is 2.21. The van der Waals surface area contributed by atoms with Gasteiger partial charge in [-0.15, -0.1) is 0 Å². The summed E-state index contributed by atoms with van der Waals surface area (Å²) in [6, 6.07) is 8.47. The molecule has 0 radical (unpaired) electrons. The van der Waals surface area contributed by atoms with E-state index >= 15 is 0 Å². The summed E-state index contributed by atoms with van der Waals surface area (Å²) >= 11 is 0. The van der Waals surface area contributed by atoms with Crippen LogP contribution in [0.5, 0.6) is 5.75 Å². The third kappa shape index (κ3) is 2.27. The molecule has 3 heterocycles. The molecular weight excluding hydrogens is 333 g/mol. The number of hydrogen-bond acceptors (Lipinski definition) is 5. The lowest BCUT2D eigenvalue weighted by Crippen LogP contribution is -2.00. The van der Waals surface area contributed by atoms with E-state index in [9.17, 15) is 9.65 Å². The smallest absolute Gasteiger partial charge is 0.212 e. The first-order valence-corrected chi connectivity index (χ1v) is 7.93. The van der Waals surface area contributed by atoms with Gasteiger partial charge in [0, 0.05) is 17.8 Å². The number of pyridine rings is 1. The number of nitrogens with zero attached hydrogens (tertiary/aromatic N) is 5. The van der Waals surface area contributed by atoms with Crippen LogP contribution in [0.3, 0.4) is 0 Å². The summed E-state index contributed by atoms with van der Waals surface area (Å²) < 4.78 is 20.6. The van der Waals surface area contributed by atoms with Gasteiger partial charge in [0.05, 0.1) is 41.2 Å². The maximum Gasteiger partial charge on any atom is 0.212 e. The Morgan fingerprint density at radius 2 is 1.92 bits per heavy atom. The van der Waals surface area contributed by atoms with Crippen molar-refractivity contribution >= 4 is 16.6 Å². The van der Waals surface area contributed by atoms with Crippen molar-refractivity contribution in [2.75, 3.05) is 7.11 Å². The first-order chi connectivity index (χ1) is 12.5. The van der Waals surface area contributed by atoms with Gasteiger partial charge in [0.25, 0.3) is 0 Å². The molecule has 0 aliphatic heterocycles. The minimum atomic E-state index is -0.553. The van der Waals surface area contributed by atoms with Crippen molar-refractivity contribution in [3.05, 3.63) is 53.4 Å². The molecule has 128 valence electrons. The molecule has 0 fully saturated rings. The molecule has 0 saturated heterocycles. The van der Waals surface area contributed by atoms with Crippen LogP contribution in [0.2, 0.25) is 0 Å². The van der Waals surface area contributed by atoms with Gasteiger partial charge in [0.2, 0.25) is 5.95 Å². The van der Waals surface area contributed by atoms with Crippen LogP contribution >= 0.6 is 0 Å². The van der Waals surface area contributed by atoms with Gasteiger partial charge >= 0.3 is 0 Å². The maximum atomic E-state index is 13.2. The van der Waals surface area contributed by atoms with Crippen LogP contribution in [0.1, 0.15) is 17.0 Å². The molecule has 0 N–H and O–H groups in total. The lowest BCUT2D eigenvalue weighted by molar-refractivity contribution is 0.418. The van der Waals surface area contributed by atoms with Gasteiger partial charge in [-0.2, -0.15) is 9.65 Å². The van der Waals surface area contributed by atoms with Crippen molar-refractivity contribution in [2.24, 2.45) is 0 Å². The summed E-state index contributed by atoms with van der Waals surface area (Å²) in [6.45, 7) is 3.79. The topological polar surface area (TPSA) is 76.1 Å². The second-order valence-electron chi connectivity index (χ2n) is 5.93. The molecule has 0 unspecified atom stereocenters. The molecule has 6 nitrogen and oxygen atoms in total. The second kappa shape index (κ2) is 5.77. The van der Waals surface area contributed by atoms with Crippen LogP contribution in [0.15, 0.2) is 30.5 Å². The number of fused-ring (bicyclic) bond motifs is 3. The fourth-order valence-corrected chi connectivity index (χ4v) is 3.21. The van der Waals surface area contributed by atoms with Gasteiger partial charge < -0.3 is 4.74 Å². The maximum absolute atomic E-state index is 13.2. The number of rotatable bonds is 2. The van der Waals surface area contributed by atoms with E-state index in [1.54, 1.807) is 25.3 Å². The number of aryl methyl sites for hydroxylation is 2. The Morgan fingerprint density at radius 3 is 2.58 bits per heavy atom. The van der Waals surface area contributed by atoms with Crippen molar-refractivity contribution in [2.45, 2.75) is 13.8 Å². The first-order valence-electron chi connectivity index (χ1n) is 7.93. The van der Waals surface area contributed by atoms with Gasteiger partial charge in [-0.3, -0.25) is 4.40 Å². The molecule has 26 heavy (non-hydrogen) atoms. The van der Waals surface area contributed by atoms with E-state index < -0.39 is 5.95 Å². The average Bonchev–Trinajstić information content (AvgIpc) is 3.00. The van der Waals surface area contributed by atoms with Gasteiger partial charge in [-0.25, -0.2) is 15.0 Å². The average molecular weight is 347 g/mol. The zero-order chi connectivity index (χ0) is 18.4. The van der Waals surface area contributed by atoms with E-state index in [0.29, 0.717) is 33.7 Å². The Bertz CT molecular complexity index is 1210. The van der Waals surface area contributed by atoms with Crippen molar-refractivity contribution in [1.29, 1.82) is 5.26 Å². The van der Waals surface area contributed by atoms with Crippen molar-refractivity contribution in [3.63, 3.8) is 0 Å². The molecule has 0 atom stereocenters. The zero-order valence-corrected chi connectivity index (χ0v) is 14.4. The fraction of sp³-hybridized carbons (Fsp3) is 0.158. The quantitative estimate of drug-likeness (QED) is 0.518. The molecule has 0 amide bonds. The van der Waals surface area contributed by atoms with E-state index in [1.807, 2.05) is 18.2 Å². The first kappa shape index (κ1) is 16.0. The molecule has 0 bridgehead atoms. The van der Waals surface area contributed by atoms with Crippen LogP contribution < -0.4 is 4.74 Å². The second-order valence-corrected chi connectivity index (χ2v) is 5.93. The number of aromatic nitrogens is 4. The third-order valence-corrected chi connectivity index (χ3v) is 4.30. The van der Waals surface area contributed by atoms with Crippen molar-refractivity contribution in [1.82, 2.24) is 19.4 Å². The largest absolute Gasteiger partial charge is 0.494 e. The third-order valence-electron chi connectivity index (χ3n) is 4.30. The summed E-state index contributed by atoms with van der Waals surface area (Å²) in [5.41, 5.74) is 4.86. The highest BCUT2D eigenvalue weighted by molar-refractivity contribution is 5.88. The minimum Gasteiger partial charge on any atom is -0.494 e. The monoisotopic (exact) mass is 347 g/mol. The molecular formula is C19H14FN5O. The SMILES string of the molecule is COc1cc(C#N)cc2c1nc(C)c1c(C)nc(-c3ccc(F)nc3)n12. The van der Waals surface area contributed by atoms with E-state index in [2.05, 4.69) is 21.0 Å². The van der Waals surface area contributed by atoms with Crippen LogP contribution in [0.4, 0.5) is 4.39 Å². The van der Waals surface area contributed by atoms with E-state index in [-0.39, 0.29) is 0 Å². The van der Waals surface area contributed by atoms with Crippen molar-refractivity contribution in [3.8, 4) is 23.2 Å². The molecule has 0 aliphatic rings. The highest BCUT2D eigenvalue weighted by Crippen LogP contribution is 2.32. The van der Waals surface area contributed by atoms with Crippen LogP contribution in [-0.4, -0.2) is 26.5 Å². The van der Waals surface area contributed by atoms with Gasteiger partial charge in [-0.05, 0) is 32.0 Å². The molecule has 0 aliphatic carbocycles. The number of nitriles is 1. The Kier molecular flexibility index (Phi) is 3.55. The fourth-order valence-electron chi connectivity index (χ4n) is 3.21. The van der Waals surface area contributed by atoms with E-state index in [1.165, 1.54) is 12.3 Å². The van der Waals surface area contributed by atoms with E-state index in [4.69, 9.17) is 4.74 Å². The summed E-state index contributed by atoms with van der Waals surface area (Å²) in [5, 5.41) is 9.36. The highest BCUT2D eigenvalue weighted by atomic mass is 19.1.